The molecule has 2 aromatic rings. The van der Waals surface area contributed by atoms with Gasteiger partial charge in [0.05, 0.1) is 0 Å². The van der Waals surface area contributed by atoms with Crippen molar-refractivity contribution in [2.24, 2.45) is 0 Å². The second-order valence-electron chi connectivity index (χ2n) is 4.79. The van der Waals surface area contributed by atoms with E-state index in [1.807, 2.05) is 0 Å². The van der Waals surface area contributed by atoms with Gasteiger partial charge in [0.25, 0.3) is 0 Å². The van der Waals surface area contributed by atoms with Gasteiger partial charge in [0, 0.05) is 5.02 Å². The predicted molar refractivity (Wildman–Crippen MR) is 69.9 cm³/mol. The highest BCUT2D eigenvalue weighted by molar-refractivity contribution is 6.30. The lowest BCUT2D eigenvalue weighted by atomic mass is 9.98. The Morgan fingerprint density at radius 2 is 1.80 bits per heavy atom. The van der Waals surface area contributed by atoms with Crippen LogP contribution in [0.3, 0.4) is 0 Å². The van der Waals surface area contributed by atoms with Crippen LogP contribution in [0.5, 0.6) is 5.75 Å². The normalized spacial score (nSPS) is 19.6. The first-order valence-electron chi connectivity index (χ1n) is 6.00. The van der Waals surface area contributed by atoms with Gasteiger partial charge in [-0.1, -0.05) is 23.7 Å². The summed E-state index contributed by atoms with van der Waals surface area (Å²) < 4.78 is 47.9. The van der Waals surface area contributed by atoms with Crippen molar-refractivity contribution in [2.75, 3.05) is 0 Å². The highest BCUT2D eigenvalue weighted by Crippen LogP contribution is 2.53. The number of hydrogen-bond acceptors (Lipinski definition) is 1. The lowest BCUT2D eigenvalue weighted by Crippen LogP contribution is -2.22. The van der Waals surface area contributed by atoms with Crippen molar-refractivity contribution in [3.8, 4) is 5.75 Å². The summed E-state index contributed by atoms with van der Waals surface area (Å²) in [6.45, 7) is 1.63. The van der Waals surface area contributed by atoms with E-state index in [-0.39, 0.29) is 11.3 Å². The molecule has 104 valence electrons. The molecule has 5 heteroatoms. The van der Waals surface area contributed by atoms with E-state index in [2.05, 4.69) is 0 Å². The molecule has 0 aromatic heterocycles. The number of ether oxygens (including phenoxy) is 1. The first-order chi connectivity index (χ1) is 9.39. The van der Waals surface area contributed by atoms with E-state index in [0.29, 0.717) is 10.6 Å². The van der Waals surface area contributed by atoms with Crippen LogP contribution in [0.4, 0.5) is 13.2 Å². The van der Waals surface area contributed by atoms with Crippen LogP contribution in [-0.2, 0) is 5.92 Å². The summed E-state index contributed by atoms with van der Waals surface area (Å²) in [4.78, 5) is 0. The number of hydrogen-bond donors (Lipinski definition) is 0. The molecule has 0 bridgehead atoms. The molecule has 0 fully saturated rings. The molecule has 1 heterocycles. The summed E-state index contributed by atoms with van der Waals surface area (Å²) >= 11 is 5.74. The van der Waals surface area contributed by atoms with Gasteiger partial charge in [-0.15, -0.1) is 0 Å². The average molecular weight is 299 g/mol. The number of benzene rings is 2. The van der Waals surface area contributed by atoms with Crippen molar-refractivity contribution in [1.82, 2.24) is 0 Å². The Labute approximate surface area is 118 Å². The van der Waals surface area contributed by atoms with Crippen LogP contribution in [0.1, 0.15) is 22.8 Å². The number of alkyl halides is 2. The van der Waals surface area contributed by atoms with E-state index in [0.717, 1.165) is 6.07 Å². The summed E-state index contributed by atoms with van der Waals surface area (Å²) in [7, 11) is 0. The molecule has 1 aliphatic rings. The summed E-state index contributed by atoms with van der Waals surface area (Å²) in [6.07, 6.45) is -1.54. The topological polar surface area (TPSA) is 9.23 Å². The third-order valence-corrected chi connectivity index (χ3v) is 3.53. The highest BCUT2D eigenvalue weighted by atomic mass is 35.5. The van der Waals surface area contributed by atoms with Gasteiger partial charge in [-0.2, -0.15) is 8.78 Å². The molecule has 0 radical (unpaired) electrons. The maximum absolute atomic E-state index is 14.4. The van der Waals surface area contributed by atoms with Crippen LogP contribution in [0.15, 0.2) is 36.4 Å². The van der Waals surface area contributed by atoms with Crippen LogP contribution >= 0.6 is 11.6 Å². The maximum atomic E-state index is 14.4. The standard InChI is InChI=1S/C15H10ClF3O/c1-8-6-11(17)13-12(7-8)20-14(15(13,18)19)9-2-4-10(16)5-3-9/h2-7,14H,1H3. The fourth-order valence-electron chi connectivity index (χ4n) is 2.37. The van der Waals surface area contributed by atoms with Gasteiger partial charge in [-0.05, 0) is 42.3 Å². The quantitative estimate of drug-likeness (QED) is 0.719. The van der Waals surface area contributed by atoms with E-state index in [1.54, 1.807) is 6.92 Å². The van der Waals surface area contributed by atoms with Gasteiger partial charge in [0.1, 0.15) is 17.1 Å². The predicted octanol–water partition coefficient (Wildman–Crippen LogP) is 5.01. The molecule has 0 aliphatic carbocycles. The van der Waals surface area contributed by atoms with Crippen molar-refractivity contribution in [3.05, 3.63) is 63.9 Å². The smallest absolute Gasteiger partial charge is 0.319 e. The monoisotopic (exact) mass is 298 g/mol. The van der Waals surface area contributed by atoms with Crippen LogP contribution in [-0.4, -0.2) is 0 Å². The second kappa shape index (κ2) is 4.42. The number of fused-ring (bicyclic) bond motifs is 1. The Kier molecular flexibility index (Phi) is 2.94. The Bertz CT molecular complexity index is 668. The zero-order valence-corrected chi connectivity index (χ0v) is 11.2. The number of aryl methyl sites for hydroxylation is 1. The molecule has 1 nitrogen and oxygen atoms in total. The lowest BCUT2D eigenvalue weighted by Gasteiger charge is -2.18. The minimum atomic E-state index is -3.42. The van der Waals surface area contributed by atoms with Gasteiger partial charge in [0.2, 0.25) is 0 Å². The fourth-order valence-corrected chi connectivity index (χ4v) is 2.50. The third-order valence-electron chi connectivity index (χ3n) is 3.28. The molecule has 20 heavy (non-hydrogen) atoms. The van der Waals surface area contributed by atoms with Gasteiger partial charge in [-0.3, -0.25) is 0 Å². The highest BCUT2D eigenvalue weighted by Gasteiger charge is 2.53. The van der Waals surface area contributed by atoms with Crippen LogP contribution in [0.2, 0.25) is 5.02 Å². The molecule has 1 unspecified atom stereocenters. The van der Waals surface area contributed by atoms with Gasteiger partial charge < -0.3 is 4.74 Å². The SMILES string of the molecule is Cc1cc(F)c2c(c1)OC(c1ccc(Cl)cc1)C2(F)F. The second-order valence-corrected chi connectivity index (χ2v) is 5.23. The minimum Gasteiger partial charge on any atom is -0.478 e. The Hall–Kier alpha value is -1.68. The molecule has 3 rings (SSSR count). The third kappa shape index (κ3) is 1.95. The average Bonchev–Trinajstić information content (AvgIpc) is 2.61. The Morgan fingerprint density at radius 3 is 2.45 bits per heavy atom. The summed E-state index contributed by atoms with van der Waals surface area (Å²) in [5, 5.41) is 0.439. The molecule has 0 spiro atoms. The summed E-state index contributed by atoms with van der Waals surface area (Å²) in [5.41, 5.74) is 0.115. The van der Waals surface area contributed by atoms with E-state index in [9.17, 15) is 13.2 Å². The molecule has 0 saturated heterocycles. The minimum absolute atomic E-state index is 0.104. The fraction of sp³-hybridized carbons (Fsp3) is 0.200. The maximum Gasteiger partial charge on any atom is 0.319 e. The van der Waals surface area contributed by atoms with Crippen molar-refractivity contribution in [1.29, 1.82) is 0 Å². The molecular weight excluding hydrogens is 289 g/mol. The Morgan fingerprint density at radius 1 is 1.15 bits per heavy atom. The van der Waals surface area contributed by atoms with E-state index < -0.39 is 23.4 Å². The van der Waals surface area contributed by atoms with Crippen LogP contribution < -0.4 is 4.74 Å². The molecule has 0 N–H and O–H groups in total. The van der Waals surface area contributed by atoms with E-state index >= 15 is 0 Å². The molecule has 2 aromatic carbocycles. The lowest BCUT2D eigenvalue weighted by molar-refractivity contribution is -0.0797. The van der Waals surface area contributed by atoms with Gasteiger partial charge in [-0.25, -0.2) is 4.39 Å². The molecular formula is C15H10ClF3O. The van der Waals surface area contributed by atoms with Crippen LogP contribution in [0, 0.1) is 12.7 Å². The van der Waals surface area contributed by atoms with Crippen molar-refractivity contribution in [2.45, 2.75) is 19.0 Å². The molecule has 0 amide bonds. The zero-order valence-electron chi connectivity index (χ0n) is 10.5. The van der Waals surface area contributed by atoms with Crippen LogP contribution in [0.25, 0.3) is 0 Å². The van der Waals surface area contributed by atoms with Gasteiger partial charge >= 0.3 is 5.92 Å². The first-order valence-corrected chi connectivity index (χ1v) is 6.38. The molecule has 1 aliphatic heterocycles. The first kappa shape index (κ1) is 13.3. The summed E-state index contributed by atoms with van der Waals surface area (Å²) in [5.74, 6) is -4.46. The molecule has 1 atom stereocenters. The van der Waals surface area contributed by atoms with Crippen molar-refractivity contribution < 1.29 is 17.9 Å². The van der Waals surface area contributed by atoms with E-state index in [1.165, 1.54) is 30.3 Å². The Balaban J connectivity index is 2.10. The van der Waals surface area contributed by atoms with Crippen molar-refractivity contribution in [3.63, 3.8) is 0 Å². The van der Waals surface area contributed by atoms with Gasteiger partial charge in [0.15, 0.2) is 6.10 Å². The zero-order chi connectivity index (χ0) is 14.5. The summed E-state index contributed by atoms with van der Waals surface area (Å²) in [6, 6.07) is 8.42. The van der Waals surface area contributed by atoms with E-state index in [4.69, 9.17) is 16.3 Å². The number of rotatable bonds is 1. The number of halogens is 4. The largest absolute Gasteiger partial charge is 0.478 e. The van der Waals surface area contributed by atoms with Crippen molar-refractivity contribution >= 4 is 11.6 Å². The molecule has 0 saturated carbocycles.